The van der Waals surface area contributed by atoms with Crippen LogP contribution in [0.15, 0.2) is 69.7 Å². The first kappa shape index (κ1) is 18.5. The molecule has 9 nitrogen and oxygen atoms in total. The van der Waals surface area contributed by atoms with Crippen molar-refractivity contribution < 1.29 is 13.5 Å². The van der Waals surface area contributed by atoms with Crippen LogP contribution in [0, 0.1) is 0 Å². The molecule has 10 heteroatoms. The van der Waals surface area contributed by atoms with E-state index in [-0.39, 0.29) is 39.2 Å². The third-order valence-corrected chi connectivity index (χ3v) is 6.73. The Morgan fingerprint density at radius 3 is 2.60 bits per heavy atom. The van der Waals surface area contributed by atoms with Crippen molar-refractivity contribution in [1.82, 2.24) is 24.5 Å². The molecule has 1 aromatic carbocycles. The first-order valence-corrected chi connectivity index (χ1v) is 10.9. The fourth-order valence-corrected chi connectivity index (χ4v) is 4.66. The Bertz CT molecular complexity index is 1440. The molecule has 0 atom stereocenters. The van der Waals surface area contributed by atoms with Gasteiger partial charge in [0.05, 0.1) is 24.2 Å². The van der Waals surface area contributed by atoms with Gasteiger partial charge in [-0.1, -0.05) is 24.3 Å². The van der Waals surface area contributed by atoms with Crippen LogP contribution in [0.5, 0.6) is 5.88 Å². The zero-order valence-corrected chi connectivity index (χ0v) is 16.5. The van der Waals surface area contributed by atoms with Crippen LogP contribution < -0.4 is 5.56 Å². The van der Waals surface area contributed by atoms with Gasteiger partial charge in [0, 0.05) is 23.3 Å². The largest absolute Gasteiger partial charge is 0.493 e. The molecule has 0 aliphatic heterocycles. The molecule has 1 N–H and O–H groups in total. The minimum absolute atomic E-state index is 0.0291. The Hall–Kier alpha value is -3.53. The number of rotatable bonds is 5. The standard InChI is InChI=1S/C20H17N5O4S/c26-18-13(4-3-9-21-18)11-25-20(27)17-6-2-1-5-16(17)19(23-25)30(28,29)15-10-22-24(12-15)14-7-8-14/h1-6,9-10,12,14H,7-8,11H2,(H,21,26). The molecule has 0 amide bonds. The minimum atomic E-state index is -4.02. The summed E-state index contributed by atoms with van der Waals surface area (Å²) >= 11 is 0. The van der Waals surface area contributed by atoms with Gasteiger partial charge in [-0.05, 0) is 25.0 Å². The van der Waals surface area contributed by atoms with Gasteiger partial charge in [-0.15, -0.1) is 0 Å². The molecule has 1 fully saturated rings. The van der Waals surface area contributed by atoms with Gasteiger partial charge >= 0.3 is 0 Å². The fourth-order valence-electron chi connectivity index (χ4n) is 3.33. The first-order valence-electron chi connectivity index (χ1n) is 9.37. The van der Waals surface area contributed by atoms with Crippen LogP contribution in [-0.2, 0) is 16.4 Å². The van der Waals surface area contributed by atoms with Gasteiger partial charge < -0.3 is 5.11 Å². The summed E-state index contributed by atoms with van der Waals surface area (Å²) in [6.07, 6.45) is 6.19. The van der Waals surface area contributed by atoms with Crippen LogP contribution in [0.4, 0.5) is 0 Å². The van der Waals surface area contributed by atoms with Crippen molar-refractivity contribution in [3.8, 4) is 5.88 Å². The molecule has 1 aliphatic carbocycles. The van der Waals surface area contributed by atoms with E-state index in [1.165, 1.54) is 18.6 Å². The summed E-state index contributed by atoms with van der Waals surface area (Å²) < 4.78 is 29.5. The number of hydrogen-bond donors (Lipinski definition) is 1. The molecule has 5 rings (SSSR count). The van der Waals surface area contributed by atoms with Crippen molar-refractivity contribution in [2.45, 2.75) is 35.3 Å². The van der Waals surface area contributed by atoms with Crippen LogP contribution in [0.25, 0.3) is 10.8 Å². The van der Waals surface area contributed by atoms with Crippen LogP contribution in [-0.4, -0.2) is 38.1 Å². The molecule has 0 unspecified atom stereocenters. The molecular weight excluding hydrogens is 406 g/mol. The number of sulfone groups is 1. The van der Waals surface area contributed by atoms with E-state index in [1.54, 1.807) is 41.1 Å². The fraction of sp³-hybridized carbons (Fsp3) is 0.200. The highest BCUT2D eigenvalue weighted by molar-refractivity contribution is 7.91. The van der Waals surface area contributed by atoms with Crippen LogP contribution in [0.2, 0.25) is 0 Å². The molecule has 1 aliphatic rings. The SMILES string of the molecule is O=c1c2ccccc2c(S(=O)(=O)c2cnn(C3CC3)c2)nn1Cc1cccnc1O. The molecule has 30 heavy (non-hydrogen) atoms. The summed E-state index contributed by atoms with van der Waals surface area (Å²) in [5, 5.41) is 18.6. The molecular formula is C20H17N5O4S. The molecule has 4 aromatic rings. The zero-order valence-electron chi connectivity index (χ0n) is 15.7. The lowest BCUT2D eigenvalue weighted by Crippen LogP contribution is -2.26. The summed E-state index contributed by atoms with van der Waals surface area (Å²) in [6, 6.07) is 9.90. The Morgan fingerprint density at radius 1 is 1.10 bits per heavy atom. The van der Waals surface area contributed by atoms with E-state index in [4.69, 9.17) is 0 Å². The van der Waals surface area contributed by atoms with Crippen molar-refractivity contribution in [1.29, 1.82) is 0 Å². The number of nitrogens with zero attached hydrogens (tertiary/aromatic N) is 5. The number of fused-ring (bicyclic) bond motifs is 1. The lowest BCUT2D eigenvalue weighted by atomic mass is 10.2. The van der Waals surface area contributed by atoms with E-state index in [2.05, 4.69) is 15.2 Å². The van der Waals surface area contributed by atoms with Crippen LogP contribution in [0.1, 0.15) is 24.4 Å². The molecule has 0 spiro atoms. The molecule has 3 heterocycles. The zero-order chi connectivity index (χ0) is 20.9. The van der Waals surface area contributed by atoms with E-state index in [1.807, 2.05) is 0 Å². The molecule has 3 aromatic heterocycles. The molecule has 0 radical (unpaired) electrons. The second-order valence-corrected chi connectivity index (χ2v) is 9.06. The monoisotopic (exact) mass is 423 g/mol. The summed E-state index contributed by atoms with van der Waals surface area (Å²) in [5.41, 5.74) is -0.103. The second-order valence-electron chi connectivity index (χ2n) is 7.19. The maximum absolute atomic E-state index is 13.4. The van der Waals surface area contributed by atoms with E-state index in [0.29, 0.717) is 5.56 Å². The number of pyridine rings is 1. The Morgan fingerprint density at radius 2 is 1.87 bits per heavy atom. The third-order valence-electron chi connectivity index (χ3n) is 5.09. The molecule has 1 saturated carbocycles. The van der Waals surface area contributed by atoms with Crippen molar-refractivity contribution in [3.63, 3.8) is 0 Å². The average Bonchev–Trinajstić information content (AvgIpc) is 3.47. The summed E-state index contributed by atoms with van der Waals surface area (Å²) in [5.74, 6) is -0.241. The lowest BCUT2D eigenvalue weighted by Gasteiger charge is -2.11. The highest BCUT2D eigenvalue weighted by Crippen LogP contribution is 2.35. The van der Waals surface area contributed by atoms with Crippen LogP contribution >= 0.6 is 0 Å². The normalized spacial score (nSPS) is 14.3. The van der Waals surface area contributed by atoms with Gasteiger partial charge in [0.25, 0.3) is 5.56 Å². The lowest BCUT2D eigenvalue weighted by molar-refractivity contribution is 0.440. The Labute approximate surface area is 171 Å². The molecule has 152 valence electrons. The van der Waals surface area contributed by atoms with E-state index in [9.17, 15) is 18.3 Å². The predicted octanol–water partition coefficient (Wildman–Crippen LogP) is 1.91. The van der Waals surface area contributed by atoms with Gasteiger partial charge in [0.15, 0.2) is 5.03 Å². The maximum Gasteiger partial charge on any atom is 0.275 e. The van der Waals surface area contributed by atoms with Crippen LogP contribution in [0.3, 0.4) is 0 Å². The van der Waals surface area contributed by atoms with E-state index in [0.717, 1.165) is 17.5 Å². The summed E-state index contributed by atoms with van der Waals surface area (Å²) in [6.45, 7) is -0.118. The Balaban J connectivity index is 1.69. The van der Waals surface area contributed by atoms with Gasteiger partial charge in [0.1, 0.15) is 4.90 Å². The molecule has 0 saturated heterocycles. The number of aromatic nitrogens is 5. The maximum atomic E-state index is 13.4. The van der Waals surface area contributed by atoms with Crippen molar-refractivity contribution in [3.05, 3.63) is 70.9 Å². The molecule has 0 bridgehead atoms. The average molecular weight is 423 g/mol. The summed E-state index contributed by atoms with van der Waals surface area (Å²) in [4.78, 5) is 16.8. The highest BCUT2D eigenvalue weighted by atomic mass is 32.2. The van der Waals surface area contributed by atoms with Crippen molar-refractivity contribution in [2.24, 2.45) is 0 Å². The van der Waals surface area contributed by atoms with Crippen molar-refractivity contribution in [2.75, 3.05) is 0 Å². The van der Waals surface area contributed by atoms with Gasteiger partial charge in [-0.25, -0.2) is 18.1 Å². The topological polar surface area (TPSA) is 120 Å². The minimum Gasteiger partial charge on any atom is -0.493 e. The van der Waals surface area contributed by atoms with E-state index >= 15 is 0 Å². The Kier molecular flexibility index (Phi) is 4.17. The summed E-state index contributed by atoms with van der Waals surface area (Å²) in [7, 11) is -4.02. The highest BCUT2D eigenvalue weighted by Gasteiger charge is 2.30. The van der Waals surface area contributed by atoms with Gasteiger partial charge in [0.2, 0.25) is 15.7 Å². The predicted molar refractivity (Wildman–Crippen MR) is 107 cm³/mol. The van der Waals surface area contributed by atoms with Crippen molar-refractivity contribution >= 4 is 20.6 Å². The second kappa shape index (κ2) is 6.77. The van der Waals surface area contributed by atoms with Gasteiger partial charge in [-0.2, -0.15) is 10.2 Å². The van der Waals surface area contributed by atoms with Gasteiger partial charge in [-0.3, -0.25) is 9.48 Å². The number of hydrogen-bond acceptors (Lipinski definition) is 7. The van der Waals surface area contributed by atoms with E-state index < -0.39 is 15.4 Å². The third kappa shape index (κ3) is 3.05. The number of benzene rings is 1. The quantitative estimate of drug-likeness (QED) is 0.521. The number of aromatic hydroxyl groups is 1. The smallest absolute Gasteiger partial charge is 0.275 e. The first-order chi connectivity index (χ1) is 14.4.